The maximum absolute atomic E-state index is 12.1. The van der Waals surface area contributed by atoms with Crippen LogP contribution < -0.4 is 0 Å². The number of hydrogen-bond acceptors (Lipinski definition) is 3. The van der Waals surface area contributed by atoms with Crippen LogP contribution in [0.15, 0.2) is 0 Å². The minimum absolute atomic E-state index is 0.142. The third-order valence-electron chi connectivity index (χ3n) is 3.66. The van der Waals surface area contributed by atoms with Gasteiger partial charge in [-0.25, -0.2) is 4.79 Å². The maximum Gasteiger partial charge on any atom is 0.410 e. The standard InChI is InChI=1S/C16H28INO3/c1-16(2,3)21-15(20)18-11-8-13(9-12-18)14(19)7-5-4-6-10-17/h13H,4-12H2,1-3H3. The normalized spacial score (nSPS) is 16.9. The number of halogens is 1. The number of likely N-dealkylation sites (tertiary alicyclic amines) is 1. The van der Waals surface area contributed by atoms with Crippen LogP contribution in [-0.4, -0.2) is 39.9 Å². The second kappa shape index (κ2) is 8.96. The van der Waals surface area contributed by atoms with E-state index in [4.69, 9.17) is 4.74 Å². The molecule has 0 aromatic carbocycles. The fourth-order valence-electron chi connectivity index (χ4n) is 2.49. The summed E-state index contributed by atoms with van der Waals surface area (Å²) in [5.74, 6) is 0.524. The zero-order chi connectivity index (χ0) is 15.9. The first kappa shape index (κ1) is 18.7. The largest absolute Gasteiger partial charge is 0.444 e. The van der Waals surface area contributed by atoms with E-state index in [9.17, 15) is 9.59 Å². The summed E-state index contributed by atoms with van der Waals surface area (Å²) in [6.07, 6.45) is 5.36. The highest BCUT2D eigenvalue weighted by atomic mass is 127. The molecular formula is C16H28INO3. The topological polar surface area (TPSA) is 46.6 Å². The van der Waals surface area contributed by atoms with Crippen molar-refractivity contribution in [3.8, 4) is 0 Å². The number of alkyl halides is 1. The van der Waals surface area contributed by atoms with Crippen LogP contribution in [0.1, 0.15) is 59.3 Å². The van der Waals surface area contributed by atoms with Crippen LogP contribution in [0, 0.1) is 5.92 Å². The van der Waals surface area contributed by atoms with Crippen LogP contribution in [-0.2, 0) is 9.53 Å². The number of rotatable bonds is 6. The molecule has 1 saturated heterocycles. The van der Waals surface area contributed by atoms with E-state index in [-0.39, 0.29) is 12.0 Å². The number of carbonyl (C=O) groups excluding carboxylic acids is 2. The molecule has 1 aliphatic heterocycles. The van der Waals surface area contributed by atoms with Gasteiger partial charge in [0.2, 0.25) is 0 Å². The van der Waals surface area contributed by atoms with Gasteiger partial charge in [0.15, 0.2) is 0 Å². The highest BCUT2D eigenvalue weighted by molar-refractivity contribution is 14.1. The molecule has 1 fully saturated rings. The Morgan fingerprint density at radius 2 is 1.76 bits per heavy atom. The Balaban J connectivity index is 2.28. The van der Waals surface area contributed by atoms with E-state index in [1.54, 1.807) is 4.90 Å². The fourth-order valence-corrected chi connectivity index (χ4v) is 3.02. The van der Waals surface area contributed by atoms with Crippen molar-refractivity contribution in [1.82, 2.24) is 4.90 Å². The SMILES string of the molecule is CC(C)(C)OC(=O)N1CCC(C(=O)CCCCCI)CC1. The predicted octanol–water partition coefficient (Wildman–Crippen LogP) is 4.20. The van der Waals surface area contributed by atoms with Crippen LogP contribution in [0.4, 0.5) is 4.79 Å². The Kier molecular flexibility index (Phi) is 7.98. The molecule has 0 aliphatic carbocycles. The van der Waals surface area contributed by atoms with Crippen molar-refractivity contribution in [1.29, 1.82) is 0 Å². The smallest absolute Gasteiger partial charge is 0.410 e. The van der Waals surface area contributed by atoms with Gasteiger partial charge in [0.25, 0.3) is 0 Å². The predicted molar refractivity (Wildman–Crippen MR) is 92.9 cm³/mol. The molecule has 1 aliphatic rings. The van der Waals surface area contributed by atoms with Crippen molar-refractivity contribution in [2.75, 3.05) is 17.5 Å². The maximum atomic E-state index is 12.1. The van der Waals surface area contributed by atoms with Gasteiger partial charge in [-0.2, -0.15) is 0 Å². The summed E-state index contributed by atoms with van der Waals surface area (Å²) >= 11 is 2.37. The molecule has 0 N–H and O–H groups in total. The Labute approximate surface area is 142 Å². The molecule has 0 atom stereocenters. The Morgan fingerprint density at radius 1 is 1.14 bits per heavy atom. The first-order valence-corrected chi connectivity index (χ1v) is 9.42. The minimum atomic E-state index is -0.456. The molecule has 4 nitrogen and oxygen atoms in total. The fraction of sp³-hybridized carbons (Fsp3) is 0.875. The number of ether oxygens (including phenoxy) is 1. The molecule has 1 rings (SSSR count). The number of hydrogen-bond donors (Lipinski definition) is 0. The van der Waals surface area contributed by atoms with Gasteiger partial charge in [-0.05, 0) is 50.9 Å². The summed E-state index contributed by atoms with van der Waals surface area (Å²) in [7, 11) is 0. The summed E-state index contributed by atoms with van der Waals surface area (Å²) in [5.41, 5.74) is -0.456. The number of amides is 1. The Morgan fingerprint density at radius 3 is 2.29 bits per heavy atom. The Hall–Kier alpha value is -0.330. The van der Waals surface area contributed by atoms with E-state index in [0.29, 0.717) is 25.3 Å². The molecule has 0 radical (unpaired) electrons. The molecular weight excluding hydrogens is 381 g/mol. The van der Waals surface area contributed by atoms with Crippen LogP contribution in [0.25, 0.3) is 0 Å². The lowest BCUT2D eigenvalue weighted by Crippen LogP contribution is -2.42. The first-order chi connectivity index (χ1) is 9.83. The van der Waals surface area contributed by atoms with Gasteiger partial charge < -0.3 is 9.64 Å². The second-order valence-electron chi connectivity index (χ2n) is 6.71. The number of nitrogens with zero attached hydrogens (tertiary/aromatic N) is 1. The second-order valence-corrected chi connectivity index (χ2v) is 7.79. The minimum Gasteiger partial charge on any atom is -0.444 e. The summed E-state index contributed by atoms with van der Waals surface area (Å²) in [6.45, 7) is 6.89. The highest BCUT2D eigenvalue weighted by Gasteiger charge is 2.29. The van der Waals surface area contributed by atoms with E-state index < -0.39 is 5.60 Å². The summed E-state index contributed by atoms with van der Waals surface area (Å²) in [5, 5.41) is 0. The molecule has 1 amide bonds. The molecule has 0 spiro atoms. The quantitative estimate of drug-likeness (QED) is 0.375. The molecule has 5 heteroatoms. The average molecular weight is 409 g/mol. The number of piperidine rings is 1. The number of carbonyl (C=O) groups is 2. The van der Waals surface area contributed by atoms with E-state index in [1.807, 2.05) is 20.8 Å². The van der Waals surface area contributed by atoms with Crippen LogP contribution in [0.5, 0.6) is 0 Å². The monoisotopic (exact) mass is 409 g/mol. The highest BCUT2D eigenvalue weighted by Crippen LogP contribution is 2.22. The van der Waals surface area contributed by atoms with E-state index in [1.165, 1.54) is 10.8 Å². The van der Waals surface area contributed by atoms with Crippen molar-refractivity contribution in [3.63, 3.8) is 0 Å². The lowest BCUT2D eigenvalue weighted by atomic mass is 9.90. The molecule has 0 bridgehead atoms. The van der Waals surface area contributed by atoms with Crippen molar-refractivity contribution in [3.05, 3.63) is 0 Å². The van der Waals surface area contributed by atoms with Crippen molar-refractivity contribution in [2.24, 2.45) is 5.92 Å². The molecule has 122 valence electrons. The van der Waals surface area contributed by atoms with Crippen LogP contribution in [0.2, 0.25) is 0 Å². The number of Topliss-reactive ketones (excluding diaryl/α,β-unsaturated/α-hetero) is 1. The molecule has 1 heterocycles. The number of unbranched alkanes of at least 4 members (excludes halogenated alkanes) is 2. The first-order valence-electron chi connectivity index (χ1n) is 7.90. The summed E-state index contributed by atoms with van der Waals surface area (Å²) in [6, 6.07) is 0. The lowest BCUT2D eigenvalue weighted by Gasteiger charge is -2.33. The average Bonchev–Trinajstić information content (AvgIpc) is 2.41. The third-order valence-corrected chi connectivity index (χ3v) is 4.42. The molecule has 0 aromatic rings. The van der Waals surface area contributed by atoms with Crippen molar-refractivity contribution >= 4 is 34.5 Å². The molecule has 0 aromatic heterocycles. The summed E-state index contributed by atoms with van der Waals surface area (Å²) < 4.78 is 6.53. The number of ketones is 1. The summed E-state index contributed by atoms with van der Waals surface area (Å²) in [4.78, 5) is 25.8. The zero-order valence-electron chi connectivity index (χ0n) is 13.5. The van der Waals surface area contributed by atoms with Gasteiger partial charge in [-0.3, -0.25) is 4.79 Å². The van der Waals surface area contributed by atoms with Gasteiger partial charge >= 0.3 is 6.09 Å². The van der Waals surface area contributed by atoms with E-state index >= 15 is 0 Å². The van der Waals surface area contributed by atoms with Crippen LogP contribution >= 0.6 is 22.6 Å². The molecule has 21 heavy (non-hydrogen) atoms. The van der Waals surface area contributed by atoms with E-state index in [2.05, 4.69) is 22.6 Å². The molecule has 0 unspecified atom stereocenters. The van der Waals surface area contributed by atoms with Crippen molar-refractivity contribution < 1.29 is 14.3 Å². The zero-order valence-corrected chi connectivity index (χ0v) is 15.6. The van der Waals surface area contributed by atoms with E-state index in [0.717, 1.165) is 25.7 Å². The van der Waals surface area contributed by atoms with Gasteiger partial charge in [-0.15, -0.1) is 0 Å². The van der Waals surface area contributed by atoms with Gasteiger partial charge in [-0.1, -0.05) is 29.0 Å². The molecule has 0 saturated carbocycles. The van der Waals surface area contributed by atoms with Crippen molar-refractivity contribution in [2.45, 2.75) is 64.9 Å². The third kappa shape index (κ3) is 7.47. The van der Waals surface area contributed by atoms with Gasteiger partial charge in [0, 0.05) is 25.4 Å². The lowest BCUT2D eigenvalue weighted by molar-refractivity contribution is -0.124. The van der Waals surface area contributed by atoms with Gasteiger partial charge in [0.1, 0.15) is 11.4 Å². The van der Waals surface area contributed by atoms with Crippen LogP contribution in [0.3, 0.4) is 0 Å². The Bertz CT molecular complexity index is 344. The van der Waals surface area contributed by atoms with Gasteiger partial charge in [0.05, 0.1) is 0 Å².